The second-order valence-electron chi connectivity index (χ2n) is 12.0. The molecule has 0 aliphatic rings. The van der Waals surface area contributed by atoms with Crippen LogP contribution in [-0.4, -0.2) is 58.5 Å². The van der Waals surface area contributed by atoms with Gasteiger partial charge in [0.1, 0.15) is 11.6 Å². The molecule has 3 N–H and O–H groups in total. The lowest BCUT2D eigenvalue weighted by molar-refractivity contribution is 0.0277. The maximum absolute atomic E-state index is 14.5. The van der Waals surface area contributed by atoms with Crippen LogP contribution < -0.4 is 5.73 Å². The molecule has 0 radical (unpaired) electrons. The highest BCUT2D eigenvalue weighted by Gasteiger charge is 2.36. The highest BCUT2D eigenvalue weighted by molar-refractivity contribution is 6.00. The largest absolute Gasteiger partial charge is 0.390 e. The van der Waals surface area contributed by atoms with E-state index in [1.807, 2.05) is 58.9 Å². The van der Waals surface area contributed by atoms with Crippen LogP contribution in [0, 0.1) is 24.0 Å². The highest BCUT2D eigenvalue weighted by atomic mass is 19.1. The number of aliphatic hydroxyl groups excluding tert-OH is 1. The lowest BCUT2D eigenvalue weighted by atomic mass is 9.88. The van der Waals surface area contributed by atoms with Crippen LogP contribution in [0.2, 0.25) is 0 Å². The molecule has 6 nitrogen and oxygen atoms in total. The van der Waals surface area contributed by atoms with Gasteiger partial charge in [0.05, 0.1) is 11.6 Å². The van der Waals surface area contributed by atoms with E-state index in [0.717, 1.165) is 36.5 Å². The minimum atomic E-state index is -1.25. The van der Waals surface area contributed by atoms with E-state index in [1.54, 1.807) is 23.1 Å². The van der Waals surface area contributed by atoms with Gasteiger partial charge in [0.2, 0.25) is 0 Å². The maximum atomic E-state index is 14.5. The van der Waals surface area contributed by atoms with Crippen LogP contribution in [0.1, 0.15) is 90.4 Å². The highest BCUT2D eigenvalue weighted by Crippen LogP contribution is 2.31. The first kappa shape index (κ1) is 35.4. The van der Waals surface area contributed by atoms with Gasteiger partial charge in [-0.1, -0.05) is 51.0 Å². The Bertz CT molecular complexity index is 1510. The number of rotatable bonds is 14. The summed E-state index contributed by atoms with van der Waals surface area (Å²) < 4.78 is 27.7. The van der Waals surface area contributed by atoms with Gasteiger partial charge in [0, 0.05) is 48.4 Å². The van der Waals surface area contributed by atoms with Crippen LogP contribution in [0.5, 0.6) is 0 Å². The van der Waals surface area contributed by atoms with Crippen molar-refractivity contribution in [1.29, 1.82) is 0 Å². The first-order valence-electron chi connectivity index (χ1n) is 15.5. The first-order valence-corrected chi connectivity index (χ1v) is 15.5. The topological polar surface area (TPSA) is 86.9 Å². The first-order chi connectivity index (χ1) is 21.3. The van der Waals surface area contributed by atoms with Crippen LogP contribution in [0.25, 0.3) is 0 Å². The molecule has 45 heavy (non-hydrogen) atoms. The number of amides is 2. The van der Waals surface area contributed by atoms with E-state index >= 15 is 0 Å². The number of hydrogen-bond acceptors (Lipinski definition) is 4. The van der Waals surface area contributed by atoms with Crippen LogP contribution in [-0.2, 0) is 18.4 Å². The summed E-state index contributed by atoms with van der Waals surface area (Å²) in [5.74, 6) is 0.425. The number of nitrogens with zero attached hydrogens (tertiary/aromatic N) is 2. The molecule has 3 aromatic carbocycles. The Labute approximate surface area is 266 Å². The number of halogens is 2. The minimum Gasteiger partial charge on any atom is -0.390 e. The van der Waals surface area contributed by atoms with Crippen molar-refractivity contribution in [3.63, 3.8) is 0 Å². The number of terminal acetylenes is 1. The minimum absolute atomic E-state index is 0.0143. The normalized spacial score (nSPS) is 12.7. The molecular weight excluding hydrogens is 572 g/mol. The third kappa shape index (κ3) is 9.00. The van der Waals surface area contributed by atoms with Crippen LogP contribution in [0.3, 0.4) is 0 Å². The van der Waals surface area contributed by atoms with Gasteiger partial charge in [-0.05, 0) is 86.6 Å². The third-order valence-corrected chi connectivity index (χ3v) is 8.09. The maximum Gasteiger partial charge on any atom is 0.254 e. The molecule has 0 aliphatic carbocycles. The Balaban J connectivity index is 2.06. The van der Waals surface area contributed by atoms with Crippen LogP contribution in [0.15, 0.2) is 60.7 Å². The van der Waals surface area contributed by atoms with Gasteiger partial charge < -0.3 is 20.6 Å². The second-order valence-corrected chi connectivity index (χ2v) is 12.0. The Hall–Kier alpha value is -4.06. The Morgan fingerprint density at radius 2 is 1.51 bits per heavy atom. The van der Waals surface area contributed by atoms with Gasteiger partial charge in [-0.25, -0.2) is 8.78 Å². The predicted octanol–water partition coefficient (Wildman–Crippen LogP) is 6.08. The van der Waals surface area contributed by atoms with E-state index in [4.69, 9.17) is 12.2 Å². The van der Waals surface area contributed by atoms with Gasteiger partial charge in [-0.15, -0.1) is 6.42 Å². The molecule has 0 aliphatic heterocycles. The lowest BCUT2D eigenvalue weighted by Crippen LogP contribution is -2.53. The van der Waals surface area contributed by atoms with E-state index in [0.29, 0.717) is 29.8 Å². The standard InChI is InChI=1S/C37H45F2N3O3/c1-7-14-41(15-8-2)35(44)28-16-26(10-4)17-29(22-28)36(45)42(37(5,6)30-13-11-12-25(9-3)18-30)24-34(43)33(40)21-27-19-31(38)23-32(39)20-27/h4,11-13,16-20,22-23,33-34,43H,7-9,14-15,21,24,40H2,1-3,5-6H3. The molecule has 2 unspecified atom stereocenters. The molecule has 3 rings (SSSR count). The predicted molar refractivity (Wildman–Crippen MR) is 175 cm³/mol. The fourth-order valence-corrected chi connectivity index (χ4v) is 5.50. The van der Waals surface area contributed by atoms with Crippen molar-refractivity contribution in [1.82, 2.24) is 9.80 Å². The molecular formula is C37H45F2N3O3. The number of nitrogens with two attached hydrogens (primary N) is 1. The zero-order valence-electron chi connectivity index (χ0n) is 26.9. The molecule has 3 aromatic rings. The quantitative estimate of drug-likeness (QED) is 0.215. The summed E-state index contributed by atoms with van der Waals surface area (Å²) >= 11 is 0. The van der Waals surface area contributed by atoms with Crippen molar-refractivity contribution in [3.8, 4) is 12.3 Å². The smallest absolute Gasteiger partial charge is 0.254 e. The van der Waals surface area contributed by atoms with E-state index in [1.165, 1.54) is 17.0 Å². The summed E-state index contributed by atoms with van der Waals surface area (Å²) in [7, 11) is 0. The fraction of sp³-hybridized carbons (Fsp3) is 0.405. The Kier molecular flexibility index (Phi) is 12.4. The SMILES string of the molecule is C#Cc1cc(C(=O)N(CCC)CCC)cc(C(=O)N(CC(O)C(N)Cc2cc(F)cc(F)c2)C(C)(C)c2cccc(CC)c2)c1. The Morgan fingerprint density at radius 1 is 0.911 bits per heavy atom. The molecule has 0 bridgehead atoms. The molecule has 0 aromatic heterocycles. The van der Waals surface area contributed by atoms with E-state index in [2.05, 4.69) is 5.92 Å². The molecule has 0 spiro atoms. The lowest BCUT2D eigenvalue weighted by Gasteiger charge is -2.41. The fourth-order valence-electron chi connectivity index (χ4n) is 5.50. The van der Waals surface area contributed by atoms with Crippen molar-refractivity contribution >= 4 is 11.8 Å². The zero-order chi connectivity index (χ0) is 33.3. The third-order valence-electron chi connectivity index (χ3n) is 8.09. The molecule has 2 atom stereocenters. The summed E-state index contributed by atoms with van der Waals surface area (Å²) in [6, 6.07) is 14.8. The second kappa shape index (κ2) is 15.8. The van der Waals surface area contributed by atoms with Crippen molar-refractivity contribution in [3.05, 3.63) is 106 Å². The van der Waals surface area contributed by atoms with Crippen LogP contribution in [0.4, 0.5) is 8.78 Å². The van der Waals surface area contributed by atoms with Crippen LogP contribution >= 0.6 is 0 Å². The molecule has 8 heteroatoms. The molecule has 0 fully saturated rings. The van der Waals surface area contributed by atoms with E-state index < -0.39 is 35.2 Å². The van der Waals surface area contributed by atoms with Gasteiger partial charge >= 0.3 is 0 Å². The molecule has 0 saturated heterocycles. The number of carbonyl (C=O) groups is 2. The van der Waals surface area contributed by atoms with Crippen molar-refractivity contribution in [2.75, 3.05) is 19.6 Å². The number of carbonyl (C=O) groups excluding carboxylic acids is 2. The average Bonchev–Trinajstić information content (AvgIpc) is 3.01. The van der Waals surface area contributed by atoms with Gasteiger partial charge in [0.15, 0.2) is 0 Å². The summed E-state index contributed by atoms with van der Waals surface area (Å²) in [6.07, 6.45) is 6.86. The van der Waals surface area contributed by atoms with Crippen molar-refractivity contribution < 1.29 is 23.5 Å². The van der Waals surface area contributed by atoms with E-state index in [-0.39, 0.29) is 24.4 Å². The summed E-state index contributed by atoms with van der Waals surface area (Å²) in [4.78, 5) is 31.3. The molecule has 2 amide bonds. The number of aryl methyl sites for hydroxylation is 1. The van der Waals surface area contributed by atoms with Gasteiger partial charge in [0.25, 0.3) is 11.8 Å². The average molecular weight is 618 g/mol. The summed E-state index contributed by atoms with van der Waals surface area (Å²) in [5, 5.41) is 11.3. The molecule has 0 heterocycles. The summed E-state index contributed by atoms with van der Waals surface area (Å²) in [5.41, 5.74) is 8.51. The number of benzene rings is 3. The van der Waals surface area contributed by atoms with Gasteiger partial charge in [-0.2, -0.15) is 0 Å². The summed E-state index contributed by atoms with van der Waals surface area (Å²) in [6.45, 7) is 10.7. The monoisotopic (exact) mass is 617 g/mol. The zero-order valence-corrected chi connectivity index (χ0v) is 26.9. The molecule has 0 saturated carbocycles. The molecule has 240 valence electrons. The number of hydrogen-bond donors (Lipinski definition) is 2. The van der Waals surface area contributed by atoms with Crippen molar-refractivity contribution in [2.24, 2.45) is 5.73 Å². The Morgan fingerprint density at radius 3 is 2.07 bits per heavy atom. The van der Waals surface area contributed by atoms with Crippen molar-refractivity contribution in [2.45, 2.75) is 78.0 Å². The van der Waals surface area contributed by atoms with Gasteiger partial charge in [-0.3, -0.25) is 9.59 Å². The van der Waals surface area contributed by atoms with E-state index in [9.17, 15) is 23.5 Å². The number of aliphatic hydroxyl groups is 1.